The fourth-order valence-electron chi connectivity index (χ4n) is 0.906. The molecule has 2 aromatic carbocycles. The van der Waals surface area contributed by atoms with Gasteiger partial charge in [0.15, 0.2) is 0 Å². The second-order valence-electron chi connectivity index (χ2n) is 2.82. The summed E-state index contributed by atoms with van der Waals surface area (Å²) >= 11 is 0. The highest BCUT2D eigenvalue weighted by atomic mass is 14.5. The smallest absolute Gasteiger partial charge is 0.0313 e. The minimum atomic E-state index is 0.822. The number of hydrogen-bond donors (Lipinski definition) is 3. The lowest BCUT2D eigenvalue weighted by atomic mass is 10.3. The predicted molar refractivity (Wildman–Crippen MR) is 71.8 cm³/mol. The molecule has 0 spiro atoms. The Balaban J connectivity index is 0.000000244. The van der Waals surface area contributed by atoms with Crippen LogP contribution in [0.2, 0.25) is 0 Å². The molecule has 0 fully saturated rings. The minimum absolute atomic E-state index is 0.822. The first-order valence-electron chi connectivity index (χ1n) is 4.98. The number of rotatable bonds is 0. The Bertz CT molecular complexity index is 309. The van der Waals surface area contributed by atoms with Crippen molar-refractivity contribution in [2.24, 2.45) is 5.73 Å². The van der Waals surface area contributed by atoms with Gasteiger partial charge in [0.25, 0.3) is 0 Å². The van der Waals surface area contributed by atoms with Gasteiger partial charge in [-0.2, -0.15) is 0 Å². The molecule has 86 valence electrons. The van der Waals surface area contributed by atoms with E-state index in [1.165, 1.54) is 7.05 Å². The van der Waals surface area contributed by atoms with Crippen molar-refractivity contribution in [2.45, 2.75) is 0 Å². The van der Waals surface area contributed by atoms with E-state index in [-0.39, 0.29) is 0 Å². The first-order valence-corrected chi connectivity index (χ1v) is 4.98. The molecule has 0 unspecified atom stereocenters. The van der Waals surface area contributed by atoms with E-state index in [0.717, 1.165) is 11.4 Å². The second kappa shape index (κ2) is 9.55. The molecular formula is C13H19N3. The normalized spacial score (nSPS) is 7.88. The van der Waals surface area contributed by atoms with Crippen molar-refractivity contribution in [3.8, 4) is 0 Å². The van der Waals surface area contributed by atoms with Crippen LogP contribution in [0.1, 0.15) is 0 Å². The van der Waals surface area contributed by atoms with Crippen molar-refractivity contribution in [3.63, 3.8) is 0 Å². The van der Waals surface area contributed by atoms with Gasteiger partial charge < -0.3 is 17.2 Å². The van der Waals surface area contributed by atoms with Crippen LogP contribution in [-0.2, 0) is 0 Å². The molecule has 0 aliphatic heterocycles. The van der Waals surface area contributed by atoms with Gasteiger partial charge in [-0.1, -0.05) is 36.4 Å². The molecule has 2 aromatic rings. The third kappa shape index (κ3) is 7.41. The molecule has 0 saturated heterocycles. The van der Waals surface area contributed by atoms with Crippen LogP contribution in [0.15, 0.2) is 60.7 Å². The Labute approximate surface area is 96.9 Å². The summed E-state index contributed by atoms with van der Waals surface area (Å²) < 4.78 is 0. The average molecular weight is 217 g/mol. The highest BCUT2D eigenvalue weighted by Gasteiger charge is 1.72. The zero-order valence-electron chi connectivity index (χ0n) is 9.51. The van der Waals surface area contributed by atoms with E-state index in [2.05, 4.69) is 5.73 Å². The molecule has 0 aliphatic rings. The highest BCUT2D eigenvalue weighted by molar-refractivity contribution is 5.36. The van der Waals surface area contributed by atoms with Gasteiger partial charge in [0.05, 0.1) is 0 Å². The van der Waals surface area contributed by atoms with Crippen LogP contribution in [0.5, 0.6) is 0 Å². The Hall–Kier alpha value is -2.00. The Kier molecular flexibility index (Phi) is 8.36. The zero-order chi connectivity index (χ0) is 12.2. The molecule has 0 aliphatic carbocycles. The summed E-state index contributed by atoms with van der Waals surface area (Å²) in [5.74, 6) is 0. The second-order valence-corrected chi connectivity index (χ2v) is 2.82. The molecule has 0 amide bonds. The van der Waals surface area contributed by atoms with Crippen molar-refractivity contribution >= 4 is 11.4 Å². The van der Waals surface area contributed by atoms with Gasteiger partial charge >= 0.3 is 0 Å². The van der Waals surface area contributed by atoms with Gasteiger partial charge in [-0.15, -0.1) is 0 Å². The van der Waals surface area contributed by atoms with Crippen molar-refractivity contribution in [1.82, 2.24) is 0 Å². The third-order valence-corrected chi connectivity index (χ3v) is 1.60. The molecule has 0 atom stereocenters. The lowest BCUT2D eigenvalue weighted by molar-refractivity contribution is 1.48. The van der Waals surface area contributed by atoms with Crippen LogP contribution in [0.4, 0.5) is 11.4 Å². The Morgan fingerprint density at radius 3 is 0.938 bits per heavy atom. The van der Waals surface area contributed by atoms with E-state index in [4.69, 9.17) is 11.5 Å². The number of nitrogens with two attached hydrogens (primary N) is 3. The van der Waals surface area contributed by atoms with Crippen molar-refractivity contribution in [3.05, 3.63) is 60.7 Å². The largest absolute Gasteiger partial charge is 0.399 e. The molecule has 3 heteroatoms. The van der Waals surface area contributed by atoms with Crippen LogP contribution < -0.4 is 17.2 Å². The Morgan fingerprint density at radius 1 is 0.562 bits per heavy atom. The molecule has 0 bridgehead atoms. The zero-order valence-corrected chi connectivity index (χ0v) is 9.51. The summed E-state index contributed by atoms with van der Waals surface area (Å²) in [6.07, 6.45) is 0. The van der Waals surface area contributed by atoms with Crippen LogP contribution in [0.25, 0.3) is 0 Å². The van der Waals surface area contributed by atoms with Crippen LogP contribution in [0, 0.1) is 0 Å². The average Bonchev–Trinajstić information content (AvgIpc) is 2.34. The van der Waals surface area contributed by atoms with Gasteiger partial charge in [-0.05, 0) is 31.3 Å². The van der Waals surface area contributed by atoms with Gasteiger partial charge in [0, 0.05) is 11.4 Å². The topological polar surface area (TPSA) is 78.1 Å². The first kappa shape index (κ1) is 14.0. The van der Waals surface area contributed by atoms with Crippen LogP contribution >= 0.6 is 0 Å². The number of benzene rings is 2. The molecule has 6 N–H and O–H groups in total. The van der Waals surface area contributed by atoms with E-state index >= 15 is 0 Å². The standard InChI is InChI=1S/2C6H7N.CH5N/c2*7-6-4-2-1-3-5-6;1-2/h2*1-5H,7H2;2H2,1H3. The predicted octanol–water partition coefficient (Wildman–Crippen LogP) is 2.11. The SMILES string of the molecule is CN.Nc1ccccc1.Nc1ccccc1. The molecule has 0 radical (unpaired) electrons. The molecule has 0 saturated carbocycles. The van der Waals surface area contributed by atoms with E-state index in [0.29, 0.717) is 0 Å². The lowest BCUT2D eigenvalue weighted by Gasteiger charge is -1.83. The molecule has 3 nitrogen and oxygen atoms in total. The lowest BCUT2D eigenvalue weighted by Crippen LogP contribution is -1.79. The minimum Gasteiger partial charge on any atom is -0.399 e. The van der Waals surface area contributed by atoms with Crippen molar-refractivity contribution < 1.29 is 0 Å². The first-order chi connectivity index (χ1) is 7.79. The van der Waals surface area contributed by atoms with Crippen molar-refractivity contribution in [2.75, 3.05) is 18.5 Å². The summed E-state index contributed by atoms with van der Waals surface area (Å²) in [5, 5.41) is 0. The van der Waals surface area contributed by atoms with E-state index in [1.54, 1.807) is 0 Å². The van der Waals surface area contributed by atoms with Crippen molar-refractivity contribution in [1.29, 1.82) is 0 Å². The maximum Gasteiger partial charge on any atom is 0.0313 e. The van der Waals surface area contributed by atoms with Gasteiger partial charge in [-0.3, -0.25) is 0 Å². The van der Waals surface area contributed by atoms with Crippen LogP contribution in [0.3, 0.4) is 0 Å². The molecule has 0 heterocycles. The van der Waals surface area contributed by atoms with Gasteiger partial charge in [0.2, 0.25) is 0 Å². The number of hydrogen-bond acceptors (Lipinski definition) is 3. The highest BCUT2D eigenvalue weighted by Crippen LogP contribution is 1.96. The quantitative estimate of drug-likeness (QED) is 0.591. The summed E-state index contributed by atoms with van der Waals surface area (Å²) in [4.78, 5) is 0. The van der Waals surface area contributed by atoms with Gasteiger partial charge in [-0.25, -0.2) is 0 Å². The summed E-state index contributed by atoms with van der Waals surface area (Å²) in [7, 11) is 1.50. The number of nitrogen functional groups attached to an aromatic ring is 2. The fraction of sp³-hybridized carbons (Fsp3) is 0.0769. The summed E-state index contributed by atoms with van der Waals surface area (Å²) in [5.41, 5.74) is 16.9. The summed E-state index contributed by atoms with van der Waals surface area (Å²) in [6, 6.07) is 19.0. The van der Waals surface area contributed by atoms with Gasteiger partial charge in [0.1, 0.15) is 0 Å². The molecule has 16 heavy (non-hydrogen) atoms. The number of anilines is 2. The Morgan fingerprint density at radius 2 is 0.812 bits per heavy atom. The summed E-state index contributed by atoms with van der Waals surface area (Å²) in [6.45, 7) is 0. The van der Waals surface area contributed by atoms with E-state index in [9.17, 15) is 0 Å². The third-order valence-electron chi connectivity index (χ3n) is 1.60. The van der Waals surface area contributed by atoms with Crippen LogP contribution in [-0.4, -0.2) is 7.05 Å². The number of para-hydroxylation sites is 2. The monoisotopic (exact) mass is 217 g/mol. The molecule has 0 aromatic heterocycles. The van der Waals surface area contributed by atoms with E-state index < -0.39 is 0 Å². The fourth-order valence-corrected chi connectivity index (χ4v) is 0.906. The maximum absolute atomic E-state index is 5.36. The molecule has 2 rings (SSSR count). The maximum atomic E-state index is 5.36. The molecular weight excluding hydrogens is 198 g/mol. The van der Waals surface area contributed by atoms with E-state index in [1.807, 2.05) is 60.7 Å².